The third-order valence-electron chi connectivity index (χ3n) is 4.12. The average Bonchev–Trinajstić information content (AvgIpc) is 2.54. The molecule has 0 saturated heterocycles. The van der Waals surface area contributed by atoms with E-state index in [1.54, 1.807) is 31.2 Å². The number of nitrogens with zero attached hydrogens (tertiary/aromatic N) is 1. The van der Waals surface area contributed by atoms with Gasteiger partial charge in [-0.2, -0.15) is 0 Å². The van der Waals surface area contributed by atoms with Gasteiger partial charge in [-0.3, -0.25) is 9.59 Å². The van der Waals surface area contributed by atoms with E-state index in [0.29, 0.717) is 17.9 Å². The minimum atomic E-state index is -0.878. The summed E-state index contributed by atoms with van der Waals surface area (Å²) in [6, 6.07) is 11.4. The topological polar surface area (TPSA) is 66.8 Å². The van der Waals surface area contributed by atoms with Crippen LogP contribution < -0.4 is 4.74 Å². The third kappa shape index (κ3) is 4.59. The molecule has 0 saturated carbocycles. The van der Waals surface area contributed by atoms with Crippen LogP contribution in [0.4, 0.5) is 0 Å². The molecule has 0 aromatic heterocycles. The van der Waals surface area contributed by atoms with Crippen molar-refractivity contribution in [3.8, 4) is 16.9 Å². The van der Waals surface area contributed by atoms with E-state index >= 15 is 0 Å². The van der Waals surface area contributed by atoms with E-state index in [2.05, 4.69) is 0 Å². The smallest absolute Gasteiger partial charge is 0.307 e. The van der Waals surface area contributed by atoms with Crippen molar-refractivity contribution < 1.29 is 19.4 Å². The lowest BCUT2D eigenvalue weighted by Gasteiger charge is -2.20. The van der Waals surface area contributed by atoms with Crippen LogP contribution in [0.3, 0.4) is 0 Å². The SMILES string of the molecule is COc1ccc(CC(=O)O)cc1-c1ccc(C)cc1CN(C)C(C)=O. The van der Waals surface area contributed by atoms with Gasteiger partial charge < -0.3 is 14.7 Å². The number of aliphatic carboxylic acids is 1. The molecule has 5 heteroatoms. The molecule has 0 spiro atoms. The van der Waals surface area contributed by atoms with Gasteiger partial charge in [0.25, 0.3) is 0 Å². The molecule has 5 nitrogen and oxygen atoms in total. The van der Waals surface area contributed by atoms with E-state index in [0.717, 1.165) is 22.3 Å². The van der Waals surface area contributed by atoms with Gasteiger partial charge >= 0.3 is 5.97 Å². The van der Waals surface area contributed by atoms with Crippen molar-refractivity contribution in [3.63, 3.8) is 0 Å². The Labute approximate surface area is 147 Å². The number of methoxy groups -OCH3 is 1. The van der Waals surface area contributed by atoms with Crippen LogP contribution in [0.2, 0.25) is 0 Å². The van der Waals surface area contributed by atoms with E-state index in [1.807, 2.05) is 31.2 Å². The fourth-order valence-electron chi connectivity index (χ4n) is 2.73. The predicted molar refractivity (Wildman–Crippen MR) is 96.7 cm³/mol. The van der Waals surface area contributed by atoms with E-state index in [4.69, 9.17) is 9.84 Å². The first-order chi connectivity index (χ1) is 11.8. The highest BCUT2D eigenvalue weighted by atomic mass is 16.5. The maximum Gasteiger partial charge on any atom is 0.307 e. The van der Waals surface area contributed by atoms with Crippen LogP contribution >= 0.6 is 0 Å². The van der Waals surface area contributed by atoms with Gasteiger partial charge in [0.15, 0.2) is 0 Å². The normalized spacial score (nSPS) is 10.4. The third-order valence-corrected chi connectivity index (χ3v) is 4.12. The number of carbonyl (C=O) groups is 2. The van der Waals surface area contributed by atoms with Crippen molar-refractivity contribution in [1.82, 2.24) is 4.90 Å². The van der Waals surface area contributed by atoms with Gasteiger partial charge in [0.05, 0.1) is 13.5 Å². The van der Waals surface area contributed by atoms with Crippen LogP contribution in [-0.4, -0.2) is 36.0 Å². The Kier molecular flexibility index (Phi) is 5.80. The molecule has 0 unspecified atom stereocenters. The number of benzene rings is 2. The molecule has 0 heterocycles. The minimum Gasteiger partial charge on any atom is -0.496 e. The predicted octanol–water partition coefficient (Wildman–Crippen LogP) is 3.28. The summed E-state index contributed by atoms with van der Waals surface area (Å²) < 4.78 is 5.47. The standard InChI is InChI=1S/C20H23NO4/c1-13-5-7-17(16(9-13)12-21(3)14(2)22)18-10-15(11-20(23)24)6-8-19(18)25-4/h5-10H,11-12H2,1-4H3,(H,23,24). The van der Waals surface area contributed by atoms with Crippen LogP contribution in [0.25, 0.3) is 11.1 Å². The Morgan fingerprint density at radius 1 is 1.12 bits per heavy atom. The lowest BCUT2D eigenvalue weighted by Crippen LogP contribution is -2.23. The summed E-state index contributed by atoms with van der Waals surface area (Å²) in [6.45, 7) is 4.00. The number of carbonyl (C=O) groups excluding carboxylic acids is 1. The zero-order valence-corrected chi connectivity index (χ0v) is 15.0. The Bertz CT molecular complexity index is 798. The van der Waals surface area contributed by atoms with Crippen LogP contribution in [0.15, 0.2) is 36.4 Å². The van der Waals surface area contributed by atoms with Gasteiger partial charge in [-0.25, -0.2) is 0 Å². The lowest BCUT2D eigenvalue weighted by atomic mass is 9.94. The molecule has 0 aliphatic carbocycles. The summed E-state index contributed by atoms with van der Waals surface area (Å²) in [6.07, 6.45) is -0.0501. The number of aryl methyl sites for hydroxylation is 1. The number of carboxylic acids is 1. The monoisotopic (exact) mass is 341 g/mol. The number of carboxylic acid groups (broad SMARTS) is 1. The average molecular weight is 341 g/mol. The lowest BCUT2D eigenvalue weighted by molar-refractivity contribution is -0.136. The highest BCUT2D eigenvalue weighted by Gasteiger charge is 2.15. The molecule has 2 aromatic carbocycles. The first kappa shape index (κ1) is 18.5. The van der Waals surface area contributed by atoms with Gasteiger partial charge in [-0.15, -0.1) is 0 Å². The molecule has 1 N–H and O–H groups in total. The van der Waals surface area contributed by atoms with Gasteiger partial charge in [0.1, 0.15) is 5.75 Å². The van der Waals surface area contributed by atoms with E-state index in [1.165, 1.54) is 6.92 Å². The van der Waals surface area contributed by atoms with Crippen molar-refractivity contribution in [3.05, 3.63) is 53.1 Å². The van der Waals surface area contributed by atoms with E-state index < -0.39 is 5.97 Å². The zero-order valence-electron chi connectivity index (χ0n) is 15.0. The highest BCUT2D eigenvalue weighted by molar-refractivity contribution is 5.78. The highest BCUT2D eigenvalue weighted by Crippen LogP contribution is 2.34. The van der Waals surface area contributed by atoms with Crippen molar-refractivity contribution in [2.24, 2.45) is 0 Å². The summed E-state index contributed by atoms with van der Waals surface area (Å²) in [4.78, 5) is 24.3. The zero-order chi connectivity index (χ0) is 18.6. The molecule has 0 aliphatic heterocycles. The van der Waals surface area contributed by atoms with Gasteiger partial charge in [0.2, 0.25) is 5.91 Å². The minimum absolute atomic E-state index is 0.0148. The number of hydrogen-bond donors (Lipinski definition) is 1. The Hall–Kier alpha value is -2.82. The number of amides is 1. The maximum absolute atomic E-state index is 11.6. The molecule has 0 radical (unpaired) electrons. The Balaban J connectivity index is 2.56. The number of hydrogen-bond acceptors (Lipinski definition) is 3. The first-order valence-electron chi connectivity index (χ1n) is 8.02. The second kappa shape index (κ2) is 7.83. The Morgan fingerprint density at radius 3 is 2.44 bits per heavy atom. The summed E-state index contributed by atoms with van der Waals surface area (Å²) in [5, 5.41) is 9.05. The molecule has 2 rings (SSSR count). The molecule has 2 aromatic rings. The molecule has 132 valence electrons. The largest absolute Gasteiger partial charge is 0.496 e. The molecular weight excluding hydrogens is 318 g/mol. The molecular formula is C20H23NO4. The first-order valence-corrected chi connectivity index (χ1v) is 8.02. The van der Waals surface area contributed by atoms with Crippen molar-refractivity contribution >= 4 is 11.9 Å². The fourth-order valence-corrected chi connectivity index (χ4v) is 2.73. The molecule has 0 aliphatic rings. The van der Waals surface area contributed by atoms with Gasteiger partial charge in [-0.1, -0.05) is 29.8 Å². The number of rotatable bonds is 6. The summed E-state index contributed by atoms with van der Waals surface area (Å²) in [5.74, 6) is -0.222. The van der Waals surface area contributed by atoms with Gasteiger partial charge in [-0.05, 0) is 35.7 Å². The Morgan fingerprint density at radius 2 is 1.84 bits per heavy atom. The fraction of sp³-hybridized carbons (Fsp3) is 0.300. The quantitative estimate of drug-likeness (QED) is 0.876. The second-order valence-corrected chi connectivity index (χ2v) is 6.14. The number of ether oxygens (including phenoxy) is 1. The second-order valence-electron chi connectivity index (χ2n) is 6.14. The molecule has 0 atom stereocenters. The van der Waals surface area contributed by atoms with Crippen molar-refractivity contribution in [1.29, 1.82) is 0 Å². The van der Waals surface area contributed by atoms with Crippen molar-refractivity contribution in [2.45, 2.75) is 26.8 Å². The van der Waals surface area contributed by atoms with Crippen LogP contribution in [0.5, 0.6) is 5.75 Å². The summed E-state index contributed by atoms with van der Waals surface area (Å²) in [7, 11) is 3.35. The van der Waals surface area contributed by atoms with Crippen molar-refractivity contribution in [2.75, 3.05) is 14.2 Å². The van der Waals surface area contributed by atoms with Crippen LogP contribution in [0.1, 0.15) is 23.6 Å². The van der Waals surface area contributed by atoms with E-state index in [9.17, 15) is 9.59 Å². The molecule has 25 heavy (non-hydrogen) atoms. The molecule has 1 amide bonds. The summed E-state index contributed by atoms with van der Waals surface area (Å²) >= 11 is 0. The summed E-state index contributed by atoms with van der Waals surface area (Å²) in [5.41, 5.74) is 4.55. The van der Waals surface area contributed by atoms with E-state index in [-0.39, 0.29) is 12.3 Å². The van der Waals surface area contributed by atoms with Crippen LogP contribution in [0, 0.1) is 6.92 Å². The maximum atomic E-state index is 11.6. The van der Waals surface area contributed by atoms with Crippen LogP contribution in [-0.2, 0) is 22.6 Å². The van der Waals surface area contributed by atoms with Gasteiger partial charge in [0, 0.05) is 26.1 Å². The molecule has 0 fully saturated rings. The molecule has 0 bridgehead atoms.